The van der Waals surface area contributed by atoms with Crippen molar-refractivity contribution in [1.82, 2.24) is 20.2 Å². The summed E-state index contributed by atoms with van der Waals surface area (Å²) in [6.07, 6.45) is 1.37. The fourth-order valence-corrected chi connectivity index (χ4v) is 4.83. The molecular weight excluding hydrogens is 471 g/mol. The second-order valence-corrected chi connectivity index (χ2v) is 9.31. The van der Waals surface area contributed by atoms with E-state index in [9.17, 15) is 14.0 Å². The van der Waals surface area contributed by atoms with Crippen molar-refractivity contribution < 1.29 is 18.7 Å². The number of fused-ring (bicyclic) bond motifs is 1. The van der Waals surface area contributed by atoms with Gasteiger partial charge in [-0.15, -0.1) is 0 Å². The number of imidazole rings is 1. The molecule has 0 atom stereocenters. The van der Waals surface area contributed by atoms with E-state index in [1.807, 2.05) is 59.5 Å². The molecule has 1 aromatic heterocycles. The molecule has 1 aliphatic rings. The van der Waals surface area contributed by atoms with E-state index in [0.29, 0.717) is 44.6 Å². The average Bonchev–Trinajstić information content (AvgIpc) is 3.35. The molecule has 0 aliphatic carbocycles. The number of carbonyl (C=O) groups excluding carboxylic acids is 2. The van der Waals surface area contributed by atoms with Gasteiger partial charge in [0.2, 0.25) is 5.91 Å². The number of nitrogens with one attached hydrogen (secondary N) is 2. The van der Waals surface area contributed by atoms with E-state index in [4.69, 9.17) is 4.74 Å². The highest BCUT2D eigenvalue weighted by Crippen LogP contribution is 2.37. The Morgan fingerprint density at radius 3 is 2.41 bits per heavy atom. The van der Waals surface area contributed by atoms with Crippen molar-refractivity contribution in [2.75, 3.05) is 13.1 Å². The molecule has 7 nitrogen and oxygen atoms in total. The van der Waals surface area contributed by atoms with E-state index >= 15 is 0 Å². The summed E-state index contributed by atoms with van der Waals surface area (Å²) in [5.41, 5.74) is 2.75. The van der Waals surface area contributed by atoms with Crippen LogP contribution >= 0.6 is 0 Å². The number of benzene rings is 3. The van der Waals surface area contributed by atoms with Crippen molar-refractivity contribution >= 4 is 23.0 Å². The first kappa shape index (κ1) is 24.5. The third-order valence-corrected chi connectivity index (χ3v) is 6.89. The maximum absolute atomic E-state index is 13.1. The number of likely N-dealkylation sites (tertiary alicyclic amines) is 1. The maximum atomic E-state index is 13.1. The summed E-state index contributed by atoms with van der Waals surface area (Å²) in [6, 6.07) is 23.6. The van der Waals surface area contributed by atoms with Crippen LogP contribution < -0.4 is 5.32 Å². The number of aromatic amines is 1. The van der Waals surface area contributed by atoms with Crippen LogP contribution in [0.2, 0.25) is 0 Å². The SMILES string of the molecule is O=C(NCc1nc2ccccc2[nH]1)OC1(c2ccccc2)CCN(C(=O)CCc2ccc(F)cc2)CC1. The van der Waals surface area contributed by atoms with Crippen LogP contribution in [0.25, 0.3) is 11.0 Å². The highest BCUT2D eigenvalue weighted by atomic mass is 19.1. The molecule has 8 heteroatoms. The lowest BCUT2D eigenvalue weighted by Crippen LogP contribution is -2.48. The zero-order valence-corrected chi connectivity index (χ0v) is 20.5. The van der Waals surface area contributed by atoms with E-state index in [1.165, 1.54) is 12.1 Å². The van der Waals surface area contributed by atoms with Gasteiger partial charge in [-0.3, -0.25) is 4.79 Å². The zero-order chi connectivity index (χ0) is 25.7. The molecule has 0 bridgehead atoms. The van der Waals surface area contributed by atoms with Crippen LogP contribution in [0.3, 0.4) is 0 Å². The number of alkyl carbamates (subject to hydrolysis) is 1. The van der Waals surface area contributed by atoms with Gasteiger partial charge in [0.1, 0.15) is 17.2 Å². The van der Waals surface area contributed by atoms with E-state index in [0.717, 1.165) is 22.2 Å². The molecule has 1 fully saturated rings. The summed E-state index contributed by atoms with van der Waals surface area (Å²) in [5.74, 6) is 0.402. The number of aryl methyl sites for hydroxylation is 1. The van der Waals surface area contributed by atoms with Gasteiger partial charge in [-0.1, -0.05) is 54.6 Å². The summed E-state index contributed by atoms with van der Waals surface area (Å²) in [6.45, 7) is 1.17. The number of H-pyrrole nitrogens is 1. The first-order valence-corrected chi connectivity index (χ1v) is 12.5. The Labute approximate surface area is 214 Å². The molecule has 0 spiro atoms. The van der Waals surface area contributed by atoms with Gasteiger partial charge in [0.25, 0.3) is 0 Å². The molecular formula is C29H29FN4O3. The molecule has 0 unspecified atom stereocenters. The number of carbonyl (C=O) groups is 2. The molecule has 2 amide bonds. The highest BCUT2D eigenvalue weighted by molar-refractivity contribution is 5.77. The minimum Gasteiger partial charge on any atom is -0.438 e. The second-order valence-electron chi connectivity index (χ2n) is 9.31. The van der Waals surface area contributed by atoms with E-state index in [1.54, 1.807) is 12.1 Å². The van der Waals surface area contributed by atoms with E-state index in [2.05, 4.69) is 15.3 Å². The van der Waals surface area contributed by atoms with Crippen LogP contribution in [0.4, 0.5) is 9.18 Å². The smallest absolute Gasteiger partial charge is 0.408 e. The van der Waals surface area contributed by atoms with Gasteiger partial charge < -0.3 is 19.9 Å². The number of amides is 2. The standard InChI is InChI=1S/C29H29FN4O3/c30-23-13-10-21(11-14-23)12-15-27(35)34-18-16-29(17-19-34,22-6-2-1-3-7-22)37-28(36)31-20-26-32-24-8-4-5-9-25(24)33-26/h1-11,13-14H,12,15-20H2,(H,31,36)(H,32,33). The van der Waals surface area contributed by atoms with Crippen LogP contribution in [0, 0.1) is 5.82 Å². The Balaban J connectivity index is 1.20. The summed E-state index contributed by atoms with van der Waals surface area (Å²) >= 11 is 0. The molecule has 0 saturated carbocycles. The van der Waals surface area contributed by atoms with Gasteiger partial charge in [0.15, 0.2) is 0 Å². The van der Waals surface area contributed by atoms with Crippen LogP contribution in [0.1, 0.15) is 36.2 Å². The van der Waals surface area contributed by atoms with Crippen LogP contribution in [0.15, 0.2) is 78.9 Å². The molecule has 4 aromatic rings. The highest BCUT2D eigenvalue weighted by Gasteiger charge is 2.41. The van der Waals surface area contributed by atoms with Crippen molar-refractivity contribution in [3.05, 3.63) is 102 Å². The second kappa shape index (κ2) is 10.8. The molecule has 37 heavy (non-hydrogen) atoms. The van der Waals surface area contributed by atoms with Crippen molar-refractivity contribution in [3.8, 4) is 0 Å². The number of rotatable bonds is 7. The third kappa shape index (κ3) is 5.80. The average molecular weight is 501 g/mol. The molecule has 1 saturated heterocycles. The molecule has 1 aliphatic heterocycles. The van der Waals surface area contributed by atoms with Crippen molar-refractivity contribution in [2.24, 2.45) is 0 Å². The number of aromatic nitrogens is 2. The van der Waals surface area contributed by atoms with Gasteiger partial charge >= 0.3 is 6.09 Å². The predicted octanol–water partition coefficient (Wildman–Crippen LogP) is 5.08. The normalized spacial score (nSPS) is 14.9. The number of nitrogens with zero attached hydrogens (tertiary/aromatic N) is 2. The predicted molar refractivity (Wildman–Crippen MR) is 138 cm³/mol. The molecule has 3 aromatic carbocycles. The molecule has 2 N–H and O–H groups in total. The largest absolute Gasteiger partial charge is 0.438 e. The van der Waals surface area contributed by atoms with Crippen molar-refractivity contribution in [3.63, 3.8) is 0 Å². The Kier molecular flexibility index (Phi) is 7.16. The zero-order valence-electron chi connectivity index (χ0n) is 20.5. The van der Waals surface area contributed by atoms with Gasteiger partial charge in [-0.2, -0.15) is 0 Å². The van der Waals surface area contributed by atoms with Crippen molar-refractivity contribution in [2.45, 2.75) is 37.8 Å². The topological polar surface area (TPSA) is 87.3 Å². The van der Waals surface area contributed by atoms with E-state index in [-0.39, 0.29) is 18.3 Å². The van der Waals surface area contributed by atoms with Gasteiger partial charge in [0, 0.05) is 32.4 Å². The lowest BCUT2D eigenvalue weighted by Gasteiger charge is -2.41. The Morgan fingerprint density at radius 2 is 1.68 bits per heavy atom. The number of hydrogen-bond donors (Lipinski definition) is 2. The third-order valence-electron chi connectivity index (χ3n) is 6.89. The van der Waals surface area contributed by atoms with Gasteiger partial charge in [-0.05, 0) is 41.8 Å². The summed E-state index contributed by atoms with van der Waals surface area (Å²) in [5, 5.41) is 2.82. The lowest BCUT2D eigenvalue weighted by atomic mass is 9.84. The fraction of sp³-hybridized carbons (Fsp3) is 0.276. The first-order chi connectivity index (χ1) is 18.0. The monoisotopic (exact) mass is 500 g/mol. The quantitative estimate of drug-likeness (QED) is 0.371. The molecule has 0 radical (unpaired) electrons. The first-order valence-electron chi connectivity index (χ1n) is 12.5. The van der Waals surface area contributed by atoms with Gasteiger partial charge in [-0.25, -0.2) is 14.2 Å². The number of para-hydroxylation sites is 2. The fourth-order valence-electron chi connectivity index (χ4n) is 4.83. The maximum Gasteiger partial charge on any atom is 0.408 e. The van der Waals surface area contributed by atoms with Crippen LogP contribution in [-0.2, 0) is 28.1 Å². The summed E-state index contributed by atoms with van der Waals surface area (Å²) in [4.78, 5) is 35.3. The number of halogens is 1. The number of ether oxygens (including phenoxy) is 1. The minimum atomic E-state index is -0.826. The van der Waals surface area contributed by atoms with Gasteiger partial charge in [0.05, 0.1) is 17.6 Å². The Bertz CT molecular complexity index is 1330. The minimum absolute atomic E-state index is 0.0420. The number of hydrogen-bond acceptors (Lipinski definition) is 4. The lowest BCUT2D eigenvalue weighted by molar-refractivity contribution is -0.135. The molecule has 190 valence electrons. The number of piperidine rings is 1. The van der Waals surface area contributed by atoms with Crippen LogP contribution in [0.5, 0.6) is 0 Å². The van der Waals surface area contributed by atoms with Crippen molar-refractivity contribution in [1.29, 1.82) is 0 Å². The summed E-state index contributed by atoms with van der Waals surface area (Å²) in [7, 11) is 0. The molecule has 5 rings (SSSR count). The van der Waals surface area contributed by atoms with Crippen LogP contribution in [-0.4, -0.2) is 40.0 Å². The Hall–Kier alpha value is -4.20. The molecule has 2 heterocycles. The Morgan fingerprint density at radius 1 is 0.973 bits per heavy atom. The van der Waals surface area contributed by atoms with E-state index < -0.39 is 11.7 Å². The summed E-state index contributed by atoms with van der Waals surface area (Å²) < 4.78 is 19.2.